The highest BCUT2D eigenvalue weighted by Gasteiger charge is 2.46. The second-order valence-electron chi connectivity index (χ2n) is 8.92. The molecule has 1 N–H and O–H groups in total. The van der Waals surface area contributed by atoms with Gasteiger partial charge in [0.05, 0.1) is 11.6 Å². The summed E-state index contributed by atoms with van der Waals surface area (Å²) in [5.74, 6) is -0.671. The Labute approximate surface area is 210 Å². The fourth-order valence-electron chi connectivity index (χ4n) is 4.26. The third kappa shape index (κ3) is 5.47. The topological polar surface area (TPSA) is 70.1 Å². The molecule has 0 aliphatic carbocycles. The molecule has 4 rings (SSSR count). The van der Waals surface area contributed by atoms with Gasteiger partial charge in [-0.25, -0.2) is 0 Å². The fraction of sp³-hybridized carbons (Fsp3) is 0.286. The van der Waals surface area contributed by atoms with Crippen molar-refractivity contribution in [3.63, 3.8) is 0 Å². The number of aliphatic hydroxyl groups excluding tert-OH is 1. The minimum atomic E-state index is -0.646. The van der Waals surface area contributed by atoms with Crippen molar-refractivity contribution in [1.82, 2.24) is 9.80 Å². The van der Waals surface area contributed by atoms with Crippen molar-refractivity contribution in [2.24, 2.45) is 0 Å². The third-order valence-electron chi connectivity index (χ3n) is 6.04. The summed E-state index contributed by atoms with van der Waals surface area (Å²) < 4.78 is 5.95. The predicted octanol–water partition coefficient (Wildman–Crippen LogP) is 5.01. The van der Waals surface area contributed by atoms with Gasteiger partial charge in [0, 0.05) is 17.0 Å². The van der Waals surface area contributed by atoms with Crippen LogP contribution in [0, 0.1) is 6.92 Å². The lowest BCUT2D eigenvalue weighted by Crippen LogP contribution is -2.32. The molecule has 1 fully saturated rings. The van der Waals surface area contributed by atoms with Crippen molar-refractivity contribution in [2.45, 2.75) is 26.0 Å². The molecule has 1 aliphatic heterocycles. The number of benzene rings is 2. The molecular weight excluding hydrogens is 460 g/mol. The normalized spacial score (nSPS) is 17.4. The Balaban J connectivity index is 1.63. The van der Waals surface area contributed by atoms with Crippen LogP contribution in [0.15, 0.2) is 71.6 Å². The molecule has 0 unspecified atom stereocenters. The number of Topliss-reactive ketones (excluding diaryl/α,β-unsaturated/α-hetero) is 1. The second-order valence-corrected chi connectivity index (χ2v) is 9.90. The Morgan fingerprint density at radius 2 is 1.86 bits per heavy atom. The van der Waals surface area contributed by atoms with Crippen LogP contribution in [0.25, 0.3) is 5.76 Å². The Bertz CT molecular complexity index is 1220. The van der Waals surface area contributed by atoms with Crippen molar-refractivity contribution in [1.29, 1.82) is 0 Å². The Kier molecular flexibility index (Phi) is 7.68. The molecule has 0 saturated carbocycles. The molecule has 2 heterocycles. The number of thiophene rings is 1. The average Bonchev–Trinajstić information content (AvgIpc) is 3.46. The van der Waals surface area contributed by atoms with E-state index in [0.717, 1.165) is 29.0 Å². The first-order valence-electron chi connectivity index (χ1n) is 11.6. The quantitative estimate of drug-likeness (QED) is 0.259. The fourth-order valence-corrected chi connectivity index (χ4v) is 5.11. The van der Waals surface area contributed by atoms with Crippen LogP contribution in [0.3, 0.4) is 0 Å². The van der Waals surface area contributed by atoms with Crippen molar-refractivity contribution < 1.29 is 19.4 Å². The summed E-state index contributed by atoms with van der Waals surface area (Å²) in [5.41, 5.74) is 2.52. The zero-order valence-corrected chi connectivity index (χ0v) is 21.0. The molecule has 3 aromatic rings. The van der Waals surface area contributed by atoms with Crippen LogP contribution < -0.4 is 4.74 Å². The van der Waals surface area contributed by atoms with E-state index in [1.807, 2.05) is 73.8 Å². The highest BCUT2D eigenvalue weighted by Crippen LogP contribution is 2.41. The van der Waals surface area contributed by atoms with Crippen LogP contribution in [0.4, 0.5) is 0 Å². The van der Waals surface area contributed by atoms with Gasteiger partial charge in [0.25, 0.3) is 11.7 Å². The first kappa shape index (κ1) is 24.7. The van der Waals surface area contributed by atoms with Crippen molar-refractivity contribution in [3.8, 4) is 5.75 Å². The summed E-state index contributed by atoms with van der Waals surface area (Å²) in [6.45, 7) is 3.56. The maximum absolute atomic E-state index is 13.1. The van der Waals surface area contributed by atoms with Crippen molar-refractivity contribution >= 4 is 28.8 Å². The number of carbonyl (C=O) groups excluding carboxylic acids is 2. The molecule has 0 bridgehead atoms. The summed E-state index contributed by atoms with van der Waals surface area (Å²) in [6, 6.07) is 18.4. The first-order valence-corrected chi connectivity index (χ1v) is 12.5. The Morgan fingerprint density at radius 3 is 2.51 bits per heavy atom. The van der Waals surface area contributed by atoms with Crippen LogP contribution in [0.5, 0.6) is 5.75 Å². The van der Waals surface area contributed by atoms with E-state index in [9.17, 15) is 14.7 Å². The number of hydrogen-bond acceptors (Lipinski definition) is 6. The largest absolute Gasteiger partial charge is 0.507 e. The van der Waals surface area contributed by atoms with E-state index < -0.39 is 17.7 Å². The molecule has 1 aromatic heterocycles. The van der Waals surface area contributed by atoms with Crippen LogP contribution in [0.1, 0.15) is 34.0 Å². The van der Waals surface area contributed by atoms with E-state index >= 15 is 0 Å². The molecule has 0 spiro atoms. The monoisotopic (exact) mass is 490 g/mol. The number of rotatable bonds is 9. The zero-order valence-electron chi connectivity index (χ0n) is 20.2. The van der Waals surface area contributed by atoms with Gasteiger partial charge in [0.15, 0.2) is 0 Å². The summed E-state index contributed by atoms with van der Waals surface area (Å²) in [4.78, 5) is 30.6. The van der Waals surface area contributed by atoms with Gasteiger partial charge in [-0.1, -0.05) is 36.4 Å². The van der Waals surface area contributed by atoms with E-state index in [1.165, 1.54) is 11.3 Å². The molecule has 6 nitrogen and oxygen atoms in total. The van der Waals surface area contributed by atoms with Crippen LogP contribution >= 0.6 is 11.3 Å². The van der Waals surface area contributed by atoms with E-state index in [4.69, 9.17) is 4.74 Å². The molecule has 35 heavy (non-hydrogen) atoms. The van der Waals surface area contributed by atoms with Gasteiger partial charge in [0.1, 0.15) is 18.1 Å². The lowest BCUT2D eigenvalue weighted by atomic mass is 9.98. The maximum atomic E-state index is 13.1. The Hall–Kier alpha value is -3.42. The lowest BCUT2D eigenvalue weighted by Gasteiger charge is -2.24. The number of ether oxygens (including phenoxy) is 1. The summed E-state index contributed by atoms with van der Waals surface area (Å²) >= 11 is 1.47. The molecular formula is C28H30N2O4S. The molecule has 0 radical (unpaired) electrons. The van der Waals surface area contributed by atoms with Gasteiger partial charge < -0.3 is 19.6 Å². The Morgan fingerprint density at radius 1 is 1.09 bits per heavy atom. The SMILES string of the molecule is Cc1cc(C(O)=C2C(=O)C(=O)N(CCCN(C)C)[C@H]2c2cccs2)ccc1OCc1ccccc1. The number of aryl methyl sites for hydroxylation is 1. The standard InChI is InChI=1S/C28H30N2O4S/c1-19-17-21(12-13-22(19)34-18-20-9-5-4-6-10-20)26(31)24-25(23-11-7-16-35-23)30(28(33)27(24)32)15-8-14-29(2)3/h4-7,9-13,16-17,25,31H,8,14-15,18H2,1-3H3/t25-/m0/s1. The van der Waals surface area contributed by atoms with Crippen molar-refractivity contribution in [2.75, 3.05) is 27.2 Å². The van der Waals surface area contributed by atoms with Crippen LogP contribution in [0.2, 0.25) is 0 Å². The lowest BCUT2D eigenvalue weighted by molar-refractivity contribution is -0.139. The zero-order chi connectivity index (χ0) is 24.9. The summed E-state index contributed by atoms with van der Waals surface area (Å²) in [7, 11) is 3.95. The van der Waals surface area contributed by atoms with E-state index in [1.54, 1.807) is 23.1 Å². The number of ketones is 1. The maximum Gasteiger partial charge on any atom is 0.295 e. The van der Waals surface area contributed by atoms with E-state index in [-0.39, 0.29) is 11.3 Å². The van der Waals surface area contributed by atoms with Crippen molar-refractivity contribution in [3.05, 3.63) is 93.2 Å². The summed E-state index contributed by atoms with van der Waals surface area (Å²) in [6.07, 6.45) is 0.731. The van der Waals surface area contributed by atoms with E-state index in [2.05, 4.69) is 0 Å². The first-order chi connectivity index (χ1) is 16.9. The second kappa shape index (κ2) is 10.9. The number of hydrogen-bond donors (Lipinski definition) is 1. The van der Waals surface area contributed by atoms with E-state index in [0.29, 0.717) is 24.5 Å². The molecule has 2 aromatic carbocycles. The predicted molar refractivity (Wildman–Crippen MR) is 138 cm³/mol. The van der Waals surface area contributed by atoms with Gasteiger partial charge in [-0.05, 0) is 74.8 Å². The highest BCUT2D eigenvalue weighted by atomic mass is 32.1. The summed E-state index contributed by atoms with van der Waals surface area (Å²) in [5, 5.41) is 13.2. The number of likely N-dealkylation sites (tertiary alicyclic amines) is 1. The van der Waals surface area contributed by atoms with Crippen LogP contribution in [-0.4, -0.2) is 53.8 Å². The number of nitrogens with zero attached hydrogens (tertiary/aromatic N) is 2. The van der Waals surface area contributed by atoms with Gasteiger partial charge in [-0.15, -0.1) is 11.3 Å². The minimum Gasteiger partial charge on any atom is -0.507 e. The van der Waals surface area contributed by atoms with Gasteiger partial charge in [0.2, 0.25) is 0 Å². The smallest absolute Gasteiger partial charge is 0.295 e. The number of aliphatic hydroxyl groups is 1. The number of amides is 1. The van der Waals surface area contributed by atoms with Gasteiger partial charge in [-0.2, -0.15) is 0 Å². The minimum absolute atomic E-state index is 0.139. The highest BCUT2D eigenvalue weighted by molar-refractivity contribution is 7.10. The molecule has 7 heteroatoms. The molecule has 1 saturated heterocycles. The van der Waals surface area contributed by atoms with Crippen LogP contribution in [-0.2, 0) is 16.2 Å². The molecule has 1 amide bonds. The van der Waals surface area contributed by atoms with Gasteiger partial charge in [-0.3, -0.25) is 9.59 Å². The molecule has 1 atom stereocenters. The van der Waals surface area contributed by atoms with Gasteiger partial charge >= 0.3 is 0 Å². The number of carbonyl (C=O) groups is 2. The molecule has 1 aliphatic rings. The average molecular weight is 491 g/mol. The third-order valence-corrected chi connectivity index (χ3v) is 6.97. The molecule has 182 valence electrons.